The number of pyridine rings is 2. The number of hydrogen-bond acceptors (Lipinski definition) is 5. The summed E-state index contributed by atoms with van der Waals surface area (Å²) in [5.74, 6) is 0.00597. The van der Waals surface area contributed by atoms with Gasteiger partial charge in [0.1, 0.15) is 0 Å². The molecule has 0 aliphatic carbocycles. The molecular weight excluding hydrogens is 316 g/mol. The van der Waals surface area contributed by atoms with Gasteiger partial charge in [0, 0.05) is 44.8 Å². The minimum Gasteiger partial charge on any atom is -0.371 e. The standard InChI is InChI=1S/C19H22N4O2/c24-19(22-10-14-4-3-6-20-9-14)17-8-16-12-23(13-18(17)25-16)11-15-5-1-2-7-21-15/h1-7,9,16-18H,8,10-13H2,(H,22,24)/t16-,17-,18+/m0/s1. The summed E-state index contributed by atoms with van der Waals surface area (Å²) in [5.41, 5.74) is 2.07. The molecule has 0 radical (unpaired) electrons. The van der Waals surface area contributed by atoms with Gasteiger partial charge < -0.3 is 10.1 Å². The van der Waals surface area contributed by atoms with Gasteiger partial charge in [-0.15, -0.1) is 0 Å². The van der Waals surface area contributed by atoms with Crippen LogP contribution in [0.1, 0.15) is 17.7 Å². The molecule has 130 valence electrons. The Balaban J connectivity index is 1.33. The lowest BCUT2D eigenvalue weighted by Gasteiger charge is -2.32. The van der Waals surface area contributed by atoms with Gasteiger partial charge in [-0.1, -0.05) is 12.1 Å². The summed E-state index contributed by atoms with van der Waals surface area (Å²) in [7, 11) is 0. The summed E-state index contributed by atoms with van der Waals surface area (Å²) >= 11 is 0. The highest BCUT2D eigenvalue weighted by Gasteiger charge is 2.44. The minimum atomic E-state index is -0.0737. The topological polar surface area (TPSA) is 67.4 Å². The van der Waals surface area contributed by atoms with Crippen LogP contribution >= 0.6 is 0 Å². The number of ether oxygens (including phenoxy) is 1. The molecule has 0 unspecified atom stereocenters. The first-order chi connectivity index (χ1) is 12.3. The summed E-state index contributed by atoms with van der Waals surface area (Å²) in [6.07, 6.45) is 6.22. The second kappa shape index (κ2) is 7.29. The summed E-state index contributed by atoms with van der Waals surface area (Å²) in [4.78, 5) is 23.4. The molecule has 2 bridgehead atoms. The molecule has 2 aliphatic heterocycles. The molecule has 0 aromatic carbocycles. The Morgan fingerprint density at radius 3 is 3.00 bits per heavy atom. The van der Waals surface area contributed by atoms with Crippen LogP contribution in [0, 0.1) is 5.92 Å². The predicted molar refractivity (Wildman–Crippen MR) is 92.4 cm³/mol. The molecule has 0 spiro atoms. The number of amides is 1. The molecule has 1 amide bonds. The van der Waals surface area contributed by atoms with Crippen molar-refractivity contribution in [3.05, 3.63) is 60.2 Å². The highest BCUT2D eigenvalue weighted by atomic mass is 16.5. The van der Waals surface area contributed by atoms with Crippen LogP contribution < -0.4 is 5.32 Å². The second-order valence-corrected chi connectivity index (χ2v) is 6.73. The van der Waals surface area contributed by atoms with E-state index in [1.54, 1.807) is 12.4 Å². The zero-order valence-corrected chi connectivity index (χ0v) is 14.0. The van der Waals surface area contributed by atoms with Crippen LogP contribution in [0.25, 0.3) is 0 Å². The van der Waals surface area contributed by atoms with E-state index < -0.39 is 0 Å². The maximum Gasteiger partial charge on any atom is 0.226 e. The largest absolute Gasteiger partial charge is 0.371 e. The third-order valence-corrected chi connectivity index (χ3v) is 4.87. The van der Waals surface area contributed by atoms with E-state index in [9.17, 15) is 4.79 Å². The lowest BCUT2D eigenvalue weighted by molar-refractivity contribution is -0.128. The number of nitrogens with zero attached hydrogens (tertiary/aromatic N) is 3. The van der Waals surface area contributed by atoms with Crippen LogP contribution in [0.3, 0.4) is 0 Å². The highest BCUT2D eigenvalue weighted by molar-refractivity contribution is 5.79. The lowest BCUT2D eigenvalue weighted by Crippen LogP contribution is -2.45. The van der Waals surface area contributed by atoms with Crippen LogP contribution in [0.15, 0.2) is 48.9 Å². The molecule has 4 rings (SSSR count). The molecule has 2 saturated heterocycles. The Morgan fingerprint density at radius 1 is 1.24 bits per heavy atom. The lowest BCUT2D eigenvalue weighted by atomic mass is 9.99. The van der Waals surface area contributed by atoms with Gasteiger partial charge in [0.05, 0.1) is 23.8 Å². The monoisotopic (exact) mass is 338 g/mol. The highest BCUT2D eigenvalue weighted by Crippen LogP contribution is 2.32. The quantitative estimate of drug-likeness (QED) is 0.892. The van der Waals surface area contributed by atoms with Crippen molar-refractivity contribution in [1.29, 1.82) is 0 Å². The van der Waals surface area contributed by atoms with Gasteiger partial charge in [-0.05, 0) is 30.2 Å². The second-order valence-electron chi connectivity index (χ2n) is 6.73. The van der Waals surface area contributed by atoms with Gasteiger partial charge in [0.25, 0.3) is 0 Å². The van der Waals surface area contributed by atoms with E-state index in [4.69, 9.17) is 4.74 Å². The van der Waals surface area contributed by atoms with Gasteiger partial charge in [0.2, 0.25) is 5.91 Å². The third-order valence-electron chi connectivity index (χ3n) is 4.87. The number of hydrogen-bond donors (Lipinski definition) is 1. The van der Waals surface area contributed by atoms with Gasteiger partial charge in [-0.25, -0.2) is 0 Å². The van der Waals surface area contributed by atoms with Crippen molar-refractivity contribution < 1.29 is 9.53 Å². The molecule has 25 heavy (non-hydrogen) atoms. The first kappa shape index (κ1) is 16.2. The zero-order valence-electron chi connectivity index (χ0n) is 14.0. The van der Waals surface area contributed by atoms with E-state index in [2.05, 4.69) is 20.2 Å². The van der Waals surface area contributed by atoms with Crippen LogP contribution in [0.5, 0.6) is 0 Å². The molecule has 2 fully saturated rings. The Morgan fingerprint density at radius 2 is 2.20 bits per heavy atom. The Kier molecular flexibility index (Phi) is 4.72. The molecule has 2 aromatic rings. The molecule has 1 N–H and O–H groups in total. The first-order valence-electron chi connectivity index (χ1n) is 8.72. The van der Waals surface area contributed by atoms with Crippen molar-refractivity contribution in [2.75, 3.05) is 13.1 Å². The van der Waals surface area contributed by atoms with Crippen molar-refractivity contribution in [1.82, 2.24) is 20.2 Å². The summed E-state index contributed by atoms with van der Waals surface area (Å²) in [5, 5.41) is 3.03. The number of carbonyl (C=O) groups excluding carboxylic acids is 1. The Bertz CT molecular complexity index is 710. The predicted octanol–water partition coefficient (Wildman–Crippen LogP) is 1.38. The number of carbonyl (C=O) groups is 1. The van der Waals surface area contributed by atoms with Crippen molar-refractivity contribution in [2.24, 2.45) is 5.92 Å². The van der Waals surface area contributed by atoms with Crippen molar-refractivity contribution in [3.8, 4) is 0 Å². The van der Waals surface area contributed by atoms with E-state index in [1.165, 1.54) is 0 Å². The van der Waals surface area contributed by atoms with Gasteiger partial charge in [-0.3, -0.25) is 19.7 Å². The Labute approximate surface area is 147 Å². The van der Waals surface area contributed by atoms with Crippen molar-refractivity contribution in [3.63, 3.8) is 0 Å². The number of rotatable bonds is 5. The first-order valence-corrected chi connectivity index (χ1v) is 8.72. The van der Waals surface area contributed by atoms with Crippen molar-refractivity contribution in [2.45, 2.75) is 31.7 Å². The summed E-state index contributed by atoms with van der Waals surface area (Å²) in [6, 6.07) is 9.81. The SMILES string of the molecule is O=C(NCc1cccnc1)[C@H]1C[C@H]2CN(Cc3ccccn3)C[C@H]1O2. The fourth-order valence-corrected chi connectivity index (χ4v) is 3.69. The van der Waals surface area contributed by atoms with Crippen LogP contribution in [0.4, 0.5) is 0 Å². The molecule has 0 saturated carbocycles. The smallest absolute Gasteiger partial charge is 0.226 e. The minimum absolute atomic E-state index is 0.0311. The fourth-order valence-electron chi connectivity index (χ4n) is 3.69. The van der Waals surface area contributed by atoms with Crippen molar-refractivity contribution >= 4 is 5.91 Å². The molecule has 2 aromatic heterocycles. The average molecular weight is 338 g/mol. The van der Waals surface area contributed by atoms with Crippen LogP contribution in [-0.4, -0.2) is 46.1 Å². The number of aromatic nitrogens is 2. The van der Waals surface area contributed by atoms with E-state index in [0.29, 0.717) is 6.54 Å². The van der Waals surface area contributed by atoms with Gasteiger partial charge in [-0.2, -0.15) is 0 Å². The van der Waals surface area contributed by atoms with Crippen LogP contribution in [-0.2, 0) is 22.6 Å². The Hall–Kier alpha value is -2.31. The molecule has 6 heteroatoms. The zero-order chi connectivity index (χ0) is 17.1. The number of fused-ring (bicyclic) bond motifs is 2. The number of likely N-dealkylation sites (tertiary alicyclic amines) is 1. The summed E-state index contributed by atoms with van der Waals surface area (Å²) in [6.45, 7) is 2.96. The van der Waals surface area contributed by atoms with Gasteiger partial charge in [0.15, 0.2) is 0 Å². The average Bonchev–Trinajstić information content (AvgIpc) is 2.96. The van der Waals surface area contributed by atoms with E-state index in [-0.39, 0.29) is 24.0 Å². The van der Waals surface area contributed by atoms with E-state index in [0.717, 1.165) is 37.3 Å². The molecule has 6 nitrogen and oxygen atoms in total. The summed E-state index contributed by atoms with van der Waals surface area (Å²) < 4.78 is 6.02. The number of morpholine rings is 1. The van der Waals surface area contributed by atoms with E-state index >= 15 is 0 Å². The fraction of sp³-hybridized carbons (Fsp3) is 0.421. The molecule has 2 aliphatic rings. The molecule has 4 heterocycles. The molecular formula is C19H22N4O2. The van der Waals surface area contributed by atoms with Crippen LogP contribution in [0.2, 0.25) is 0 Å². The molecule has 3 atom stereocenters. The third kappa shape index (κ3) is 3.86. The number of nitrogens with one attached hydrogen (secondary N) is 1. The van der Waals surface area contributed by atoms with E-state index in [1.807, 2.05) is 36.5 Å². The maximum absolute atomic E-state index is 12.6. The van der Waals surface area contributed by atoms with Gasteiger partial charge >= 0.3 is 0 Å². The normalized spacial score (nSPS) is 25.7. The maximum atomic E-state index is 12.6.